The first kappa shape index (κ1) is 15.5. The van der Waals surface area contributed by atoms with Crippen molar-refractivity contribution in [2.24, 2.45) is 5.92 Å². The van der Waals surface area contributed by atoms with Gasteiger partial charge < -0.3 is 10.2 Å². The van der Waals surface area contributed by atoms with Gasteiger partial charge in [-0.1, -0.05) is 13.8 Å². The van der Waals surface area contributed by atoms with Gasteiger partial charge in [-0.2, -0.15) is 5.26 Å². The average Bonchev–Trinajstić information content (AvgIpc) is 2.40. The molecule has 1 fully saturated rings. The number of nitrogens with one attached hydrogen (secondary N) is 1. The van der Waals surface area contributed by atoms with E-state index in [2.05, 4.69) is 37.1 Å². The Morgan fingerprint density at radius 1 is 1.44 bits per heavy atom. The van der Waals surface area contributed by atoms with E-state index in [4.69, 9.17) is 0 Å². The Morgan fingerprint density at radius 2 is 2.17 bits per heavy atom. The van der Waals surface area contributed by atoms with Gasteiger partial charge in [0.25, 0.3) is 0 Å². The molecular weight excluding hydrogens is 222 g/mol. The number of nitriles is 1. The number of likely N-dealkylation sites (tertiary alicyclic amines) is 1. The second-order valence-electron chi connectivity index (χ2n) is 5.80. The second-order valence-corrected chi connectivity index (χ2v) is 5.80. The monoisotopic (exact) mass is 251 g/mol. The maximum Gasteiger partial charge on any atom is 0.106 e. The van der Waals surface area contributed by atoms with Crippen LogP contribution in [-0.4, -0.2) is 36.6 Å². The molecule has 104 valence electrons. The molecule has 1 aliphatic rings. The van der Waals surface area contributed by atoms with Gasteiger partial charge in [0.1, 0.15) is 5.54 Å². The normalized spacial score (nSPS) is 28.6. The van der Waals surface area contributed by atoms with Gasteiger partial charge in [-0.3, -0.25) is 0 Å². The summed E-state index contributed by atoms with van der Waals surface area (Å²) in [5, 5.41) is 12.5. The van der Waals surface area contributed by atoms with E-state index in [9.17, 15) is 5.26 Å². The van der Waals surface area contributed by atoms with E-state index >= 15 is 0 Å². The Bertz CT molecular complexity index is 278. The maximum absolute atomic E-state index is 9.28. The molecule has 1 saturated heterocycles. The summed E-state index contributed by atoms with van der Waals surface area (Å²) in [6.07, 6.45) is 5.64. The number of piperidine rings is 1. The van der Waals surface area contributed by atoms with Gasteiger partial charge in [0, 0.05) is 6.04 Å². The highest BCUT2D eigenvalue weighted by Gasteiger charge is 2.27. The number of nitrogens with zero attached hydrogens (tertiary/aromatic N) is 2. The molecule has 3 unspecified atom stereocenters. The van der Waals surface area contributed by atoms with E-state index in [-0.39, 0.29) is 5.54 Å². The lowest BCUT2D eigenvalue weighted by Crippen LogP contribution is -2.45. The first-order chi connectivity index (χ1) is 8.58. The van der Waals surface area contributed by atoms with Crippen LogP contribution in [0, 0.1) is 17.2 Å². The Balaban J connectivity index is 2.39. The molecule has 1 rings (SSSR count). The van der Waals surface area contributed by atoms with Crippen molar-refractivity contribution in [2.75, 3.05) is 20.1 Å². The summed E-state index contributed by atoms with van der Waals surface area (Å²) in [5.41, 5.74) is -0.315. The fourth-order valence-electron chi connectivity index (χ4n) is 2.99. The van der Waals surface area contributed by atoms with Crippen molar-refractivity contribution in [3.63, 3.8) is 0 Å². The Labute approximate surface area is 113 Å². The highest BCUT2D eigenvalue weighted by Crippen LogP contribution is 2.24. The summed E-state index contributed by atoms with van der Waals surface area (Å²) in [6, 6.07) is 3.14. The van der Waals surface area contributed by atoms with Crippen molar-refractivity contribution in [1.82, 2.24) is 10.2 Å². The summed E-state index contributed by atoms with van der Waals surface area (Å²) in [4.78, 5) is 2.60. The lowest BCUT2D eigenvalue weighted by Gasteiger charge is -2.38. The van der Waals surface area contributed by atoms with E-state index < -0.39 is 0 Å². The zero-order valence-electron chi connectivity index (χ0n) is 12.5. The molecule has 1 aliphatic heterocycles. The molecule has 1 heterocycles. The van der Waals surface area contributed by atoms with Crippen LogP contribution >= 0.6 is 0 Å². The van der Waals surface area contributed by atoms with Crippen molar-refractivity contribution in [2.45, 2.75) is 64.5 Å². The molecule has 1 N–H and O–H groups in total. The summed E-state index contributed by atoms with van der Waals surface area (Å²) >= 11 is 0. The van der Waals surface area contributed by atoms with Crippen molar-refractivity contribution in [3.8, 4) is 6.07 Å². The van der Waals surface area contributed by atoms with Crippen molar-refractivity contribution in [1.29, 1.82) is 5.26 Å². The van der Waals surface area contributed by atoms with Crippen LogP contribution < -0.4 is 5.32 Å². The van der Waals surface area contributed by atoms with E-state index in [1.807, 2.05) is 7.05 Å². The largest absolute Gasteiger partial charge is 0.302 e. The smallest absolute Gasteiger partial charge is 0.106 e. The van der Waals surface area contributed by atoms with Gasteiger partial charge in [0.2, 0.25) is 0 Å². The first-order valence-electron chi connectivity index (χ1n) is 7.42. The summed E-state index contributed by atoms with van der Waals surface area (Å²) < 4.78 is 0. The Kier molecular flexibility index (Phi) is 6.11. The molecule has 0 radical (unpaired) electrons. The van der Waals surface area contributed by atoms with Crippen LogP contribution in [0.3, 0.4) is 0 Å². The standard InChI is InChI=1S/C15H29N3/c1-5-15(12-16,17-4)9-7-11-18-10-6-8-13(2)14(18)3/h13-14,17H,5-11H2,1-4H3. The third kappa shape index (κ3) is 3.70. The molecule has 0 aliphatic carbocycles. The highest BCUT2D eigenvalue weighted by molar-refractivity contribution is 5.05. The van der Waals surface area contributed by atoms with Gasteiger partial charge in [-0.15, -0.1) is 0 Å². The molecule has 3 heteroatoms. The molecule has 3 nitrogen and oxygen atoms in total. The van der Waals surface area contributed by atoms with Crippen LogP contribution in [0.4, 0.5) is 0 Å². The van der Waals surface area contributed by atoms with E-state index in [0.29, 0.717) is 6.04 Å². The molecule has 0 bridgehead atoms. The minimum absolute atomic E-state index is 0.315. The fraction of sp³-hybridized carbons (Fsp3) is 0.933. The van der Waals surface area contributed by atoms with E-state index in [1.165, 1.54) is 19.4 Å². The Hall–Kier alpha value is -0.590. The van der Waals surface area contributed by atoms with Crippen LogP contribution in [0.1, 0.15) is 52.9 Å². The molecule has 3 atom stereocenters. The minimum atomic E-state index is -0.315. The number of hydrogen-bond donors (Lipinski definition) is 1. The van der Waals surface area contributed by atoms with E-state index in [1.54, 1.807) is 0 Å². The molecule has 0 aromatic rings. The third-order valence-electron chi connectivity index (χ3n) is 4.85. The van der Waals surface area contributed by atoms with E-state index in [0.717, 1.165) is 31.7 Å². The van der Waals surface area contributed by atoms with Crippen molar-refractivity contribution < 1.29 is 0 Å². The predicted molar refractivity (Wildman–Crippen MR) is 76.4 cm³/mol. The van der Waals surface area contributed by atoms with Crippen LogP contribution in [0.15, 0.2) is 0 Å². The summed E-state index contributed by atoms with van der Waals surface area (Å²) in [7, 11) is 1.90. The molecule has 0 aromatic carbocycles. The number of rotatable bonds is 6. The molecule has 0 amide bonds. The lowest BCUT2D eigenvalue weighted by molar-refractivity contribution is 0.109. The third-order valence-corrected chi connectivity index (χ3v) is 4.85. The zero-order chi connectivity index (χ0) is 13.6. The lowest BCUT2D eigenvalue weighted by atomic mass is 9.90. The van der Waals surface area contributed by atoms with Gasteiger partial charge in [-0.05, 0) is 65.1 Å². The summed E-state index contributed by atoms with van der Waals surface area (Å²) in [5.74, 6) is 0.815. The highest BCUT2D eigenvalue weighted by atomic mass is 15.2. The van der Waals surface area contributed by atoms with Crippen molar-refractivity contribution in [3.05, 3.63) is 0 Å². The van der Waals surface area contributed by atoms with Crippen LogP contribution in [0.5, 0.6) is 0 Å². The summed E-state index contributed by atoms with van der Waals surface area (Å²) in [6.45, 7) is 9.16. The van der Waals surface area contributed by atoms with Crippen LogP contribution in [0.25, 0.3) is 0 Å². The van der Waals surface area contributed by atoms with Gasteiger partial charge in [0.05, 0.1) is 6.07 Å². The van der Waals surface area contributed by atoms with Crippen molar-refractivity contribution >= 4 is 0 Å². The molecular formula is C15H29N3. The molecule has 0 aromatic heterocycles. The topological polar surface area (TPSA) is 39.1 Å². The van der Waals surface area contributed by atoms with Gasteiger partial charge in [-0.25, -0.2) is 0 Å². The predicted octanol–water partition coefficient (Wildman–Crippen LogP) is 2.78. The molecule has 18 heavy (non-hydrogen) atoms. The quantitative estimate of drug-likeness (QED) is 0.789. The first-order valence-corrected chi connectivity index (χ1v) is 7.42. The van der Waals surface area contributed by atoms with Gasteiger partial charge >= 0.3 is 0 Å². The Morgan fingerprint density at radius 3 is 2.72 bits per heavy atom. The van der Waals surface area contributed by atoms with Crippen LogP contribution in [-0.2, 0) is 0 Å². The SMILES string of the molecule is CCC(C#N)(CCCN1CCCC(C)C1C)NC. The number of hydrogen-bond acceptors (Lipinski definition) is 3. The zero-order valence-corrected chi connectivity index (χ0v) is 12.5. The minimum Gasteiger partial charge on any atom is -0.302 e. The molecule has 0 saturated carbocycles. The second kappa shape index (κ2) is 7.11. The van der Waals surface area contributed by atoms with Gasteiger partial charge in [0.15, 0.2) is 0 Å². The maximum atomic E-state index is 9.28. The molecule has 0 spiro atoms. The van der Waals surface area contributed by atoms with Crippen LogP contribution in [0.2, 0.25) is 0 Å². The fourth-order valence-corrected chi connectivity index (χ4v) is 2.99. The average molecular weight is 251 g/mol.